The van der Waals surface area contributed by atoms with E-state index in [-0.39, 0.29) is 17.8 Å². The highest BCUT2D eigenvalue weighted by molar-refractivity contribution is 5.93. The summed E-state index contributed by atoms with van der Waals surface area (Å²) in [5.41, 5.74) is 2.19. The van der Waals surface area contributed by atoms with E-state index in [1.54, 1.807) is 12.1 Å². The first kappa shape index (κ1) is 20.5. The summed E-state index contributed by atoms with van der Waals surface area (Å²) in [4.78, 5) is 17.3. The van der Waals surface area contributed by atoms with Crippen LogP contribution in [0.1, 0.15) is 44.6 Å². The Morgan fingerprint density at radius 1 is 1.07 bits per heavy atom. The molecule has 2 aromatic carbocycles. The van der Waals surface area contributed by atoms with E-state index >= 15 is 0 Å². The van der Waals surface area contributed by atoms with Gasteiger partial charge in [0.25, 0.3) is 0 Å². The fourth-order valence-corrected chi connectivity index (χ4v) is 3.94. The van der Waals surface area contributed by atoms with E-state index in [0.29, 0.717) is 6.42 Å². The van der Waals surface area contributed by atoms with Gasteiger partial charge in [0.15, 0.2) is 0 Å². The highest BCUT2D eigenvalue weighted by atomic mass is 19.1. The van der Waals surface area contributed by atoms with Crippen molar-refractivity contribution < 1.29 is 9.18 Å². The lowest BCUT2D eigenvalue weighted by molar-refractivity contribution is -0.119. The average molecular weight is 383 g/mol. The summed E-state index contributed by atoms with van der Waals surface area (Å²) in [6, 6.07) is 17.1. The van der Waals surface area contributed by atoms with Gasteiger partial charge in [-0.3, -0.25) is 4.79 Å². The molecule has 0 saturated carbocycles. The second-order valence-electron chi connectivity index (χ2n) is 7.65. The van der Waals surface area contributed by atoms with E-state index in [1.807, 2.05) is 4.90 Å². The second-order valence-corrected chi connectivity index (χ2v) is 7.65. The van der Waals surface area contributed by atoms with Crippen molar-refractivity contribution in [2.24, 2.45) is 0 Å². The zero-order chi connectivity index (χ0) is 19.8. The fourth-order valence-electron chi connectivity index (χ4n) is 3.94. The van der Waals surface area contributed by atoms with Gasteiger partial charge in [-0.2, -0.15) is 0 Å². The number of hydrogen-bond acceptors (Lipinski definition) is 2. The van der Waals surface area contributed by atoms with Crippen LogP contribution in [0, 0.1) is 5.82 Å². The molecule has 4 heteroatoms. The number of rotatable bonds is 8. The van der Waals surface area contributed by atoms with Gasteiger partial charge in [0.05, 0.1) is 0 Å². The Labute approximate surface area is 168 Å². The van der Waals surface area contributed by atoms with Crippen LogP contribution in [0.4, 0.5) is 10.1 Å². The third-order valence-corrected chi connectivity index (χ3v) is 5.60. The molecule has 3 nitrogen and oxygen atoms in total. The molecule has 1 aliphatic heterocycles. The van der Waals surface area contributed by atoms with E-state index in [1.165, 1.54) is 17.7 Å². The van der Waals surface area contributed by atoms with Crippen molar-refractivity contribution in [3.63, 3.8) is 0 Å². The lowest BCUT2D eigenvalue weighted by Crippen LogP contribution is -2.48. The van der Waals surface area contributed by atoms with E-state index in [9.17, 15) is 9.18 Å². The molecule has 0 radical (unpaired) electrons. The normalized spacial score (nSPS) is 15.5. The molecule has 150 valence electrons. The van der Waals surface area contributed by atoms with Crippen molar-refractivity contribution in [3.05, 3.63) is 66.0 Å². The molecule has 0 aromatic heterocycles. The van der Waals surface area contributed by atoms with Crippen molar-refractivity contribution in [1.82, 2.24) is 4.90 Å². The lowest BCUT2D eigenvalue weighted by atomic mass is 10.0. The molecule has 0 unspecified atom stereocenters. The first-order valence-corrected chi connectivity index (χ1v) is 10.5. The fraction of sp³-hybridized carbons (Fsp3) is 0.458. The summed E-state index contributed by atoms with van der Waals surface area (Å²) >= 11 is 0. The van der Waals surface area contributed by atoms with Gasteiger partial charge in [0.2, 0.25) is 5.91 Å². The van der Waals surface area contributed by atoms with Crippen molar-refractivity contribution in [2.75, 3.05) is 24.5 Å². The number of likely N-dealkylation sites (tertiary alicyclic amines) is 1. The maximum absolute atomic E-state index is 13.4. The number of unbranched alkanes of at least 4 members (excludes halogenated alkanes) is 1. The highest BCUT2D eigenvalue weighted by Gasteiger charge is 2.28. The Kier molecular flexibility index (Phi) is 7.61. The van der Waals surface area contributed by atoms with Gasteiger partial charge in [-0.15, -0.1) is 0 Å². The van der Waals surface area contributed by atoms with E-state index < -0.39 is 0 Å². The SMILES string of the molecule is CCCCC(=O)N(c1ccc(F)cc1)C1CCN(CCc2ccccc2)CC1. The maximum atomic E-state index is 13.4. The van der Waals surface area contributed by atoms with Crippen LogP contribution in [0.5, 0.6) is 0 Å². The largest absolute Gasteiger partial charge is 0.309 e. The van der Waals surface area contributed by atoms with Crippen LogP contribution in [-0.2, 0) is 11.2 Å². The first-order chi connectivity index (χ1) is 13.7. The van der Waals surface area contributed by atoms with Gasteiger partial charge in [-0.1, -0.05) is 43.7 Å². The Morgan fingerprint density at radius 2 is 1.75 bits per heavy atom. The summed E-state index contributed by atoms with van der Waals surface area (Å²) in [6.45, 7) is 5.14. The van der Waals surface area contributed by atoms with Crippen LogP contribution in [0.3, 0.4) is 0 Å². The number of benzene rings is 2. The summed E-state index contributed by atoms with van der Waals surface area (Å²) in [5.74, 6) is -0.100. The molecule has 0 bridgehead atoms. The molecule has 0 atom stereocenters. The molecule has 1 fully saturated rings. The number of halogens is 1. The molecule has 1 heterocycles. The maximum Gasteiger partial charge on any atom is 0.227 e. The standard InChI is InChI=1S/C24H31FN2O/c1-2-3-9-24(28)27(22-12-10-21(25)11-13-22)23-15-18-26(19-16-23)17-14-20-7-5-4-6-8-20/h4-8,10-13,23H,2-3,9,14-19H2,1H3. The Bertz CT molecular complexity index is 724. The molecule has 3 rings (SSSR count). The zero-order valence-electron chi connectivity index (χ0n) is 16.8. The van der Waals surface area contributed by atoms with Crippen LogP contribution in [0.25, 0.3) is 0 Å². The van der Waals surface area contributed by atoms with Crippen LogP contribution in [0.2, 0.25) is 0 Å². The van der Waals surface area contributed by atoms with Crippen LogP contribution >= 0.6 is 0 Å². The van der Waals surface area contributed by atoms with Gasteiger partial charge in [-0.25, -0.2) is 4.39 Å². The van der Waals surface area contributed by atoms with Gasteiger partial charge in [-0.05, 0) is 55.5 Å². The Hall–Kier alpha value is -2.20. The second kappa shape index (κ2) is 10.4. The summed E-state index contributed by atoms with van der Waals surface area (Å²) in [5, 5.41) is 0. The van der Waals surface area contributed by atoms with Gasteiger partial charge < -0.3 is 9.80 Å². The molecular weight excluding hydrogens is 351 g/mol. The first-order valence-electron chi connectivity index (χ1n) is 10.5. The molecule has 1 aliphatic rings. The smallest absolute Gasteiger partial charge is 0.227 e. The predicted molar refractivity (Wildman–Crippen MR) is 113 cm³/mol. The number of anilines is 1. The zero-order valence-corrected chi connectivity index (χ0v) is 16.8. The highest BCUT2D eigenvalue weighted by Crippen LogP contribution is 2.25. The van der Waals surface area contributed by atoms with Crippen LogP contribution in [-0.4, -0.2) is 36.5 Å². The van der Waals surface area contributed by atoms with E-state index in [0.717, 1.165) is 57.4 Å². The third-order valence-electron chi connectivity index (χ3n) is 5.60. The third kappa shape index (κ3) is 5.65. The Morgan fingerprint density at radius 3 is 2.39 bits per heavy atom. The minimum Gasteiger partial charge on any atom is -0.309 e. The molecule has 0 N–H and O–H groups in total. The topological polar surface area (TPSA) is 23.6 Å². The van der Waals surface area contributed by atoms with Crippen molar-refractivity contribution in [2.45, 2.75) is 51.5 Å². The van der Waals surface area contributed by atoms with Crippen LogP contribution < -0.4 is 4.90 Å². The molecule has 2 aromatic rings. The van der Waals surface area contributed by atoms with Crippen molar-refractivity contribution in [3.8, 4) is 0 Å². The lowest BCUT2D eigenvalue weighted by Gasteiger charge is -2.38. The van der Waals surface area contributed by atoms with Gasteiger partial charge >= 0.3 is 0 Å². The molecular formula is C24H31FN2O. The number of hydrogen-bond donors (Lipinski definition) is 0. The Balaban J connectivity index is 1.60. The number of carbonyl (C=O) groups is 1. The van der Waals surface area contributed by atoms with Crippen molar-refractivity contribution >= 4 is 11.6 Å². The monoisotopic (exact) mass is 382 g/mol. The number of piperidine rings is 1. The van der Waals surface area contributed by atoms with Crippen molar-refractivity contribution in [1.29, 1.82) is 0 Å². The minimum absolute atomic E-state index is 0.163. The summed E-state index contributed by atoms with van der Waals surface area (Å²) in [6.07, 6.45) is 5.44. The minimum atomic E-state index is -0.263. The van der Waals surface area contributed by atoms with Gasteiger partial charge in [0, 0.05) is 37.8 Å². The van der Waals surface area contributed by atoms with Crippen LogP contribution in [0.15, 0.2) is 54.6 Å². The average Bonchev–Trinajstić information content (AvgIpc) is 2.74. The quantitative estimate of drug-likeness (QED) is 0.637. The summed E-state index contributed by atoms with van der Waals surface area (Å²) in [7, 11) is 0. The number of nitrogens with zero attached hydrogens (tertiary/aromatic N) is 2. The number of carbonyl (C=O) groups excluding carboxylic acids is 1. The van der Waals surface area contributed by atoms with E-state index in [2.05, 4.69) is 42.2 Å². The van der Waals surface area contributed by atoms with E-state index in [4.69, 9.17) is 0 Å². The number of amides is 1. The molecule has 1 amide bonds. The predicted octanol–water partition coefficient (Wildman–Crippen LogP) is 5.06. The molecule has 1 saturated heterocycles. The van der Waals surface area contributed by atoms with Gasteiger partial charge in [0.1, 0.15) is 5.82 Å². The molecule has 0 spiro atoms. The molecule has 28 heavy (non-hydrogen) atoms. The summed E-state index contributed by atoms with van der Waals surface area (Å²) < 4.78 is 13.4. The molecule has 0 aliphatic carbocycles.